The Balaban J connectivity index is 1.65. The van der Waals surface area contributed by atoms with Crippen LogP contribution in [0.15, 0.2) is 28.8 Å². The number of nitrogens with one attached hydrogen (secondary N) is 1. The molecule has 3 rings (SSSR count). The number of benzene rings is 1. The fourth-order valence-corrected chi connectivity index (χ4v) is 2.56. The maximum Gasteiger partial charge on any atom is 0.257 e. The number of rotatable bonds is 4. The van der Waals surface area contributed by atoms with E-state index < -0.39 is 0 Å². The third-order valence-corrected chi connectivity index (χ3v) is 3.80. The van der Waals surface area contributed by atoms with Crippen LogP contribution in [0, 0.1) is 6.92 Å². The van der Waals surface area contributed by atoms with Gasteiger partial charge in [-0.05, 0) is 51.0 Å². The average molecular weight is 301 g/mol. The quantitative estimate of drug-likeness (QED) is 0.938. The molecule has 1 saturated heterocycles. The SMILES string of the molecule is Cc1noc(-c2ccc(C(=O)N[C@H](C)[C@H]3CCCO3)cc2)n1. The van der Waals surface area contributed by atoms with Crippen LogP contribution in [-0.4, -0.2) is 34.8 Å². The van der Waals surface area contributed by atoms with Crippen molar-refractivity contribution in [3.63, 3.8) is 0 Å². The first-order chi connectivity index (χ1) is 10.6. The number of aryl methyl sites for hydroxylation is 1. The van der Waals surface area contributed by atoms with Crippen molar-refractivity contribution in [2.75, 3.05) is 6.61 Å². The molecule has 0 spiro atoms. The van der Waals surface area contributed by atoms with Crippen LogP contribution in [-0.2, 0) is 4.74 Å². The number of carbonyl (C=O) groups excluding carboxylic acids is 1. The van der Waals surface area contributed by atoms with Crippen LogP contribution in [0.3, 0.4) is 0 Å². The average Bonchev–Trinajstić information content (AvgIpc) is 3.18. The zero-order valence-electron chi connectivity index (χ0n) is 12.7. The highest BCUT2D eigenvalue weighted by atomic mass is 16.5. The van der Waals surface area contributed by atoms with E-state index >= 15 is 0 Å². The van der Waals surface area contributed by atoms with Crippen LogP contribution in [0.1, 0.15) is 35.9 Å². The van der Waals surface area contributed by atoms with Crippen molar-refractivity contribution in [2.24, 2.45) is 0 Å². The summed E-state index contributed by atoms with van der Waals surface area (Å²) >= 11 is 0. The molecular weight excluding hydrogens is 282 g/mol. The molecule has 1 aromatic heterocycles. The zero-order chi connectivity index (χ0) is 15.5. The molecule has 1 aliphatic heterocycles. The third-order valence-electron chi connectivity index (χ3n) is 3.80. The number of ether oxygens (including phenoxy) is 1. The minimum atomic E-state index is -0.101. The van der Waals surface area contributed by atoms with Crippen LogP contribution in [0.25, 0.3) is 11.5 Å². The third kappa shape index (κ3) is 3.17. The van der Waals surface area contributed by atoms with Crippen LogP contribution >= 0.6 is 0 Å². The number of amides is 1. The molecule has 1 aromatic carbocycles. The maximum atomic E-state index is 12.2. The Kier molecular flexibility index (Phi) is 4.20. The van der Waals surface area contributed by atoms with Crippen molar-refractivity contribution in [1.29, 1.82) is 0 Å². The molecule has 22 heavy (non-hydrogen) atoms. The summed E-state index contributed by atoms with van der Waals surface area (Å²) in [5.74, 6) is 0.940. The number of carbonyl (C=O) groups is 1. The summed E-state index contributed by atoms with van der Waals surface area (Å²) in [4.78, 5) is 16.4. The number of hydrogen-bond acceptors (Lipinski definition) is 5. The number of aromatic nitrogens is 2. The van der Waals surface area contributed by atoms with E-state index in [1.54, 1.807) is 31.2 Å². The van der Waals surface area contributed by atoms with E-state index in [2.05, 4.69) is 15.5 Å². The lowest BCUT2D eigenvalue weighted by Gasteiger charge is -2.20. The summed E-state index contributed by atoms with van der Waals surface area (Å²) in [6.07, 6.45) is 2.17. The van der Waals surface area contributed by atoms with E-state index in [0.29, 0.717) is 17.3 Å². The number of nitrogens with zero attached hydrogens (tertiary/aromatic N) is 2. The fraction of sp³-hybridized carbons (Fsp3) is 0.438. The molecule has 1 amide bonds. The maximum absolute atomic E-state index is 12.2. The molecule has 116 valence electrons. The van der Waals surface area contributed by atoms with Gasteiger partial charge in [0.15, 0.2) is 5.82 Å². The molecule has 0 saturated carbocycles. The monoisotopic (exact) mass is 301 g/mol. The first kappa shape index (κ1) is 14.7. The standard InChI is InChI=1S/C16H19N3O3/c1-10(14-4-3-9-21-14)17-15(20)12-5-7-13(8-6-12)16-18-11(2)19-22-16/h5-8,10,14H,3-4,9H2,1-2H3,(H,17,20)/t10-,14-/m1/s1. The van der Waals surface area contributed by atoms with Crippen LogP contribution < -0.4 is 5.32 Å². The summed E-state index contributed by atoms with van der Waals surface area (Å²) in [5, 5.41) is 6.74. The largest absolute Gasteiger partial charge is 0.376 e. The van der Waals surface area contributed by atoms with Gasteiger partial charge in [-0.1, -0.05) is 5.16 Å². The lowest BCUT2D eigenvalue weighted by molar-refractivity contribution is 0.0712. The van der Waals surface area contributed by atoms with Crippen LogP contribution in [0.5, 0.6) is 0 Å². The Labute approximate surface area is 128 Å². The van der Waals surface area contributed by atoms with E-state index in [-0.39, 0.29) is 18.1 Å². The molecule has 2 atom stereocenters. The van der Waals surface area contributed by atoms with Crippen molar-refractivity contribution >= 4 is 5.91 Å². The summed E-state index contributed by atoms with van der Waals surface area (Å²) in [6.45, 7) is 4.52. The van der Waals surface area contributed by atoms with Gasteiger partial charge in [0.2, 0.25) is 0 Å². The summed E-state index contributed by atoms with van der Waals surface area (Å²) in [6, 6.07) is 7.13. The van der Waals surface area contributed by atoms with Gasteiger partial charge in [-0.25, -0.2) is 0 Å². The molecule has 2 heterocycles. The van der Waals surface area contributed by atoms with Crippen molar-refractivity contribution in [1.82, 2.24) is 15.5 Å². The summed E-state index contributed by atoms with van der Waals surface area (Å²) in [5.41, 5.74) is 1.40. The Morgan fingerprint density at radius 2 is 2.14 bits per heavy atom. The molecule has 6 heteroatoms. The molecule has 0 bridgehead atoms. The van der Waals surface area contributed by atoms with Gasteiger partial charge < -0.3 is 14.6 Å². The van der Waals surface area contributed by atoms with E-state index in [0.717, 1.165) is 25.0 Å². The van der Waals surface area contributed by atoms with Gasteiger partial charge >= 0.3 is 0 Å². The molecular formula is C16H19N3O3. The van der Waals surface area contributed by atoms with Gasteiger partial charge in [-0.3, -0.25) is 4.79 Å². The predicted molar refractivity (Wildman–Crippen MR) is 80.4 cm³/mol. The van der Waals surface area contributed by atoms with Gasteiger partial charge in [0.1, 0.15) is 0 Å². The molecule has 1 aliphatic rings. The van der Waals surface area contributed by atoms with Gasteiger partial charge in [-0.15, -0.1) is 0 Å². The molecule has 1 N–H and O–H groups in total. The van der Waals surface area contributed by atoms with Crippen molar-refractivity contribution in [3.8, 4) is 11.5 Å². The topological polar surface area (TPSA) is 77.2 Å². The van der Waals surface area contributed by atoms with Crippen LogP contribution in [0.2, 0.25) is 0 Å². The second kappa shape index (κ2) is 6.27. The first-order valence-electron chi connectivity index (χ1n) is 7.46. The molecule has 6 nitrogen and oxygen atoms in total. The number of hydrogen-bond donors (Lipinski definition) is 1. The first-order valence-corrected chi connectivity index (χ1v) is 7.46. The summed E-state index contributed by atoms with van der Waals surface area (Å²) < 4.78 is 10.7. The lowest BCUT2D eigenvalue weighted by Crippen LogP contribution is -2.40. The second-order valence-electron chi connectivity index (χ2n) is 5.54. The highest BCUT2D eigenvalue weighted by Crippen LogP contribution is 2.18. The van der Waals surface area contributed by atoms with Gasteiger partial charge in [0, 0.05) is 17.7 Å². The fourth-order valence-electron chi connectivity index (χ4n) is 2.56. The van der Waals surface area contributed by atoms with Gasteiger partial charge in [-0.2, -0.15) is 4.98 Å². The lowest BCUT2D eigenvalue weighted by atomic mass is 10.1. The Morgan fingerprint density at radius 3 is 2.73 bits per heavy atom. The molecule has 1 fully saturated rings. The van der Waals surface area contributed by atoms with Crippen molar-refractivity contribution < 1.29 is 14.1 Å². The normalized spacial score (nSPS) is 19.1. The zero-order valence-corrected chi connectivity index (χ0v) is 12.7. The Hall–Kier alpha value is -2.21. The van der Waals surface area contributed by atoms with E-state index in [4.69, 9.17) is 9.26 Å². The molecule has 0 aliphatic carbocycles. The molecule has 0 unspecified atom stereocenters. The highest BCUT2D eigenvalue weighted by Gasteiger charge is 2.24. The molecule has 0 radical (unpaired) electrons. The highest BCUT2D eigenvalue weighted by molar-refractivity contribution is 5.94. The smallest absolute Gasteiger partial charge is 0.257 e. The predicted octanol–water partition coefficient (Wildman–Crippen LogP) is 2.34. The minimum absolute atomic E-state index is 0.00765. The van der Waals surface area contributed by atoms with Crippen molar-refractivity contribution in [3.05, 3.63) is 35.7 Å². The van der Waals surface area contributed by atoms with E-state index in [1.165, 1.54) is 0 Å². The van der Waals surface area contributed by atoms with Crippen molar-refractivity contribution in [2.45, 2.75) is 38.8 Å². The Morgan fingerprint density at radius 1 is 1.36 bits per heavy atom. The van der Waals surface area contributed by atoms with Crippen LogP contribution in [0.4, 0.5) is 0 Å². The minimum Gasteiger partial charge on any atom is -0.376 e. The van der Waals surface area contributed by atoms with Gasteiger partial charge in [0.05, 0.1) is 12.1 Å². The van der Waals surface area contributed by atoms with Gasteiger partial charge in [0.25, 0.3) is 11.8 Å². The second-order valence-corrected chi connectivity index (χ2v) is 5.54. The van der Waals surface area contributed by atoms with E-state index in [1.807, 2.05) is 6.92 Å². The Bertz CT molecular complexity index is 645. The van der Waals surface area contributed by atoms with E-state index in [9.17, 15) is 4.79 Å². The molecule has 2 aromatic rings. The summed E-state index contributed by atoms with van der Waals surface area (Å²) in [7, 11) is 0.